The van der Waals surface area contributed by atoms with Gasteiger partial charge in [0.15, 0.2) is 0 Å². The summed E-state index contributed by atoms with van der Waals surface area (Å²) in [6.07, 6.45) is 3.85. The molecule has 0 aliphatic rings. The van der Waals surface area contributed by atoms with Crippen molar-refractivity contribution in [3.63, 3.8) is 0 Å². The molecule has 0 aliphatic carbocycles. The van der Waals surface area contributed by atoms with E-state index in [1.54, 1.807) is 6.08 Å². The normalized spacial score (nSPS) is 10.5. The molecule has 1 aromatic rings. The average Bonchev–Trinajstić information content (AvgIpc) is 2.28. The Morgan fingerprint density at radius 1 is 1.33 bits per heavy atom. The van der Waals surface area contributed by atoms with E-state index in [2.05, 4.69) is 0 Å². The number of nitrogens with two attached hydrogens (primary N) is 1. The lowest BCUT2D eigenvalue weighted by atomic mass is 10.2. The van der Waals surface area contributed by atoms with Gasteiger partial charge in [-0.3, -0.25) is 0 Å². The molecule has 0 fully saturated rings. The highest BCUT2D eigenvalue weighted by Crippen LogP contribution is 2.00. The largest absolute Gasteiger partial charge is 0.462 e. The fraction of sp³-hybridized carbons (Fsp3) is 0.250. The molecular formula is C12H15NO2. The summed E-state index contributed by atoms with van der Waals surface area (Å²) in [7, 11) is 0. The Hall–Kier alpha value is -1.61. The van der Waals surface area contributed by atoms with Crippen LogP contribution in [0.4, 0.5) is 0 Å². The topological polar surface area (TPSA) is 52.3 Å². The van der Waals surface area contributed by atoms with Gasteiger partial charge in [-0.1, -0.05) is 30.3 Å². The summed E-state index contributed by atoms with van der Waals surface area (Å²) in [4.78, 5) is 11.1. The van der Waals surface area contributed by atoms with Gasteiger partial charge in [0, 0.05) is 6.08 Å². The molecule has 0 aliphatic heterocycles. The molecule has 0 spiro atoms. The molecule has 0 radical (unpaired) electrons. The third-order valence-corrected chi connectivity index (χ3v) is 1.80. The molecule has 0 bridgehead atoms. The molecule has 3 nitrogen and oxygen atoms in total. The van der Waals surface area contributed by atoms with E-state index >= 15 is 0 Å². The molecular weight excluding hydrogens is 190 g/mol. The lowest BCUT2D eigenvalue weighted by Gasteiger charge is -1.98. The zero-order valence-corrected chi connectivity index (χ0v) is 8.56. The highest BCUT2D eigenvalue weighted by Gasteiger charge is 1.95. The Bertz CT molecular complexity index is 320. The maximum atomic E-state index is 11.1. The third-order valence-electron chi connectivity index (χ3n) is 1.80. The molecule has 15 heavy (non-hydrogen) atoms. The predicted molar refractivity (Wildman–Crippen MR) is 60.1 cm³/mol. The van der Waals surface area contributed by atoms with Crippen LogP contribution in [0.1, 0.15) is 12.0 Å². The molecule has 0 aromatic heterocycles. The summed E-state index contributed by atoms with van der Waals surface area (Å²) < 4.78 is 4.90. The van der Waals surface area contributed by atoms with Crippen molar-refractivity contribution >= 4 is 12.0 Å². The van der Waals surface area contributed by atoms with Crippen molar-refractivity contribution < 1.29 is 9.53 Å². The molecule has 0 saturated carbocycles. The van der Waals surface area contributed by atoms with Crippen LogP contribution < -0.4 is 5.73 Å². The Kier molecular flexibility index (Phi) is 5.19. The number of esters is 1. The van der Waals surface area contributed by atoms with Gasteiger partial charge in [0.1, 0.15) is 0 Å². The third kappa shape index (κ3) is 4.98. The molecule has 1 rings (SSSR count). The molecule has 3 heteroatoms. The summed E-state index contributed by atoms with van der Waals surface area (Å²) in [5.74, 6) is -0.327. The number of hydrogen-bond donors (Lipinski definition) is 1. The molecule has 80 valence electrons. The smallest absolute Gasteiger partial charge is 0.330 e. The Labute approximate surface area is 89.5 Å². The SMILES string of the molecule is NCCCOC(=O)C=Cc1ccccc1. The van der Waals surface area contributed by atoms with Crippen LogP contribution in [0.2, 0.25) is 0 Å². The van der Waals surface area contributed by atoms with Crippen LogP contribution in [-0.2, 0) is 9.53 Å². The first-order valence-electron chi connectivity index (χ1n) is 4.93. The highest BCUT2D eigenvalue weighted by atomic mass is 16.5. The van der Waals surface area contributed by atoms with E-state index in [0.29, 0.717) is 19.6 Å². The van der Waals surface area contributed by atoms with Gasteiger partial charge in [-0.2, -0.15) is 0 Å². The Balaban J connectivity index is 2.34. The van der Waals surface area contributed by atoms with E-state index in [1.165, 1.54) is 6.08 Å². The average molecular weight is 205 g/mol. The van der Waals surface area contributed by atoms with E-state index in [-0.39, 0.29) is 5.97 Å². The summed E-state index contributed by atoms with van der Waals surface area (Å²) in [5.41, 5.74) is 6.25. The van der Waals surface area contributed by atoms with Crippen molar-refractivity contribution in [1.29, 1.82) is 0 Å². The van der Waals surface area contributed by atoms with Crippen LogP contribution >= 0.6 is 0 Å². The van der Waals surface area contributed by atoms with Gasteiger partial charge in [0.25, 0.3) is 0 Å². The summed E-state index contributed by atoms with van der Waals surface area (Å²) in [6.45, 7) is 0.921. The van der Waals surface area contributed by atoms with Crippen molar-refractivity contribution in [2.24, 2.45) is 5.73 Å². The van der Waals surface area contributed by atoms with Gasteiger partial charge in [0.05, 0.1) is 6.61 Å². The minimum atomic E-state index is -0.327. The molecule has 0 atom stereocenters. The van der Waals surface area contributed by atoms with E-state index < -0.39 is 0 Å². The minimum absolute atomic E-state index is 0.327. The van der Waals surface area contributed by atoms with Gasteiger partial charge in [0.2, 0.25) is 0 Å². The van der Waals surface area contributed by atoms with Crippen molar-refractivity contribution in [1.82, 2.24) is 0 Å². The van der Waals surface area contributed by atoms with Gasteiger partial charge in [-0.25, -0.2) is 4.79 Å². The number of hydrogen-bond acceptors (Lipinski definition) is 3. The standard InChI is InChI=1S/C12H15NO2/c13-9-4-10-15-12(14)8-7-11-5-2-1-3-6-11/h1-3,5-8H,4,9-10,13H2. The molecule has 0 unspecified atom stereocenters. The van der Waals surface area contributed by atoms with Crippen LogP contribution in [0.25, 0.3) is 6.08 Å². The van der Waals surface area contributed by atoms with E-state index in [4.69, 9.17) is 10.5 Å². The van der Waals surface area contributed by atoms with Crippen molar-refractivity contribution in [2.75, 3.05) is 13.2 Å². The molecule has 1 aromatic carbocycles. The number of benzene rings is 1. The zero-order chi connectivity index (χ0) is 10.9. The van der Waals surface area contributed by atoms with E-state index in [9.17, 15) is 4.79 Å². The first-order valence-corrected chi connectivity index (χ1v) is 4.93. The summed E-state index contributed by atoms with van der Waals surface area (Å²) >= 11 is 0. The maximum absolute atomic E-state index is 11.1. The quantitative estimate of drug-likeness (QED) is 0.451. The number of rotatable bonds is 5. The summed E-state index contributed by atoms with van der Waals surface area (Å²) in [6, 6.07) is 9.60. The van der Waals surface area contributed by atoms with Crippen LogP contribution in [-0.4, -0.2) is 19.1 Å². The van der Waals surface area contributed by atoms with Crippen LogP contribution in [0, 0.1) is 0 Å². The van der Waals surface area contributed by atoms with Crippen LogP contribution in [0.3, 0.4) is 0 Å². The van der Waals surface area contributed by atoms with E-state index in [1.807, 2.05) is 30.3 Å². The predicted octanol–water partition coefficient (Wildman–Crippen LogP) is 1.59. The maximum Gasteiger partial charge on any atom is 0.330 e. The van der Waals surface area contributed by atoms with Crippen molar-refractivity contribution in [2.45, 2.75) is 6.42 Å². The fourth-order valence-corrected chi connectivity index (χ4v) is 1.03. The van der Waals surface area contributed by atoms with Crippen molar-refractivity contribution in [3.8, 4) is 0 Å². The lowest BCUT2D eigenvalue weighted by molar-refractivity contribution is -0.137. The second kappa shape index (κ2) is 6.79. The van der Waals surface area contributed by atoms with Crippen molar-refractivity contribution in [3.05, 3.63) is 42.0 Å². The number of carbonyl (C=O) groups excluding carboxylic acids is 1. The van der Waals surface area contributed by atoms with Gasteiger partial charge >= 0.3 is 5.97 Å². The minimum Gasteiger partial charge on any atom is -0.462 e. The van der Waals surface area contributed by atoms with Gasteiger partial charge in [-0.05, 0) is 24.6 Å². The summed E-state index contributed by atoms with van der Waals surface area (Å²) in [5, 5.41) is 0. The fourth-order valence-electron chi connectivity index (χ4n) is 1.03. The first-order chi connectivity index (χ1) is 7.33. The molecule has 0 saturated heterocycles. The highest BCUT2D eigenvalue weighted by molar-refractivity contribution is 5.86. The number of carbonyl (C=O) groups is 1. The molecule has 0 amide bonds. The molecule has 2 N–H and O–H groups in total. The van der Waals surface area contributed by atoms with Crippen LogP contribution in [0.5, 0.6) is 0 Å². The lowest BCUT2D eigenvalue weighted by Crippen LogP contribution is -2.07. The Morgan fingerprint density at radius 3 is 2.73 bits per heavy atom. The number of ether oxygens (including phenoxy) is 1. The van der Waals surface area contributed by atoms with Gasteiger partial charge in [-0.15, -0.1) is 0 Å². The zero-order valence-electron chi connectivity index (χ0n) is 8.56. The first kappa shape index (κ1) is 11.5. The molecule has 0 heterocycles. The second-order valence-corrected chi connectivity index (χ2v) is 3.05. The van der Waals surface area contributed by atoms with Gasteiger partial charge < -0.3 is 10.5 Å². The van der Waals surface area contributed by atoms with Crippen LogP contribution in [0.15, 0.2) is 36.4 Å². The second-order valence-electron chi connectivity index (χ2n) is 3.05. The Morgan fingerprint density at radius 2 is 2.07 bits per heavy atom. The monoisotopic (exact) mass is 205 g/mol. The van der Waals surface area contributed by atoms with E-state index in [0.717, 1.165) is 5.56 Å².